The van der Waals surface area contributed by atoms with Crippen molar-refractivity contribution in [3.8, 4) is 17.2 Å². The summed E-state index contributed by atoms with van der Waals surface area (Å²) < 4.78 is 29.7. The minimum absolute atomic E-state index is 0.462. The van der Waals surface area contributed by atoms with Gasteiger partial charge in [-0.3, -0.25) is 0 Å². The molecule has 0 saturated heterocycles. The summed E-state index contributed by atoms with van der Waals surface area (Å²) in [6.07, 6.45) is 4.38. The normalized spacial score (nSPS) is 15.8. The van der Waals surface area contributed by atoms with E-state index >= 15 is 0 Å². The first-order valence-electron chi connectivity index (χ1n) is 14.9. The van der Waals surface area contributed by atoms with E-state index < -0.39 is 5.60 Å². The van der Waals surface area contributed by atoms with Crippen molar-refractivity contribution in [2.24, 2.45) is 0 Å². The molecule has 44 heavy (non-hydrogen) atoms. The molecule has 0 bridgehead atoms. The predicted octanol–water partition coefficient (Wildman–Crippen LogP) is 8.55. The molecule has 0 saturated carbocycles. The van der Waals surface area contributed by atoms with Crippen LogP contribution in [0.1, 0.15) is 16.7 Å². The van der Waals surface area contributed by atoms with Gasteiger partial charge in [-0.25, -0.2) is 0 Å². The van der Waals surface area contributed by atoms with E-state index in [-0.39, 0.29) is 0 Å². The van der Waals surface area contributed by atoms with E-state index in [1.54, 1.807) is 14.2 Å². The maximum atomic E-state index is 7.17. The van der Waals surface area contributed by atoms with E-state index in [0.29, 0.717) is 32.2 Å². The molecule has 5 heteroatoms. The van der Waals surface area contributed by atoms with Crippen LogP contribution >= 0.6 is 0 Å². The Labute approximate surface area is 257 Å². The van der Waals surface area contributed by atoms with Crippen LogP contribution in [0.25, 0.3) is 38.4 Å². The van der Waals surface area contributed by atoms with Gasteiger partial charge in [0.05, 0.1) is 26.9 Å². The van der Waals surface area contributed by atoms with Crippen LogP contribution in [0.3, 0.4) is 0 Å². The number of methoxy groups -OCH3 is 2. The summed E-state index contributed by atoms with van der Waals surface area (Å²) in [7, 11) is 3.37. The summed E-state index contributed by atoms with van der Waals surface area (Å²) in [5, 5.41) is 7.12. The van der Waals surface area contributed by atoms with Gasteiger partial charge in [-0.2, -0.15) is 0 Å². The van der Waals surface area contributed by atoms with Gasteiger partial charge in [-0.15, -0.1) is 0 Å². The Hall–Kier alpha value is -4.84. The lowest BCUT2D eigenvalue weighted by atomic mass is 9.82. The molecule has 0 aliphatic carbocycles. The SMILES string of the molecule is COCCOCCOc1ccc(C2(c3ccccc3)C=Cc3c(c(OC)cc4c5ccccc5c5ccccc5c34)O2)cc1. The second kappa shape index (κ2) is 12.0. The van der Waals surface area contributed by atoms with E-state index in [0.717, 1.165) is 39.0 Å². The van der Waals surface area contributed by atoms with Crippen molar-refractivity contribution in [3.05, 3.63) is 132 Å². The first-order chi connectivity index (χ1) is 21.7. The highest BCUT2D eigenvalue weighted by atomic mass is 16.5. The molecule has 1 atom stereocenters. The van der Waals surface area contributed by atoms with Gasteiger partial charge >= 0.3 is 0 Å². The summed E-state index contributed by atoms with van der Waals surface area (Å²) in [6, 6.07) is 37.7. The molecule has 1 unspecified atom stereocenters. The van der Waals surface area contributed by atoms with Gasteiger partial charge in [0, 0.05) is 29.2 Å². The van der Waals surface area contributed by atoms with Crippen LogP contribution < -0.4 is 14.2 Å². The molecule has 0 amide bonds. The van der Waals surface area contributed by atoms with Gasteiger partial charge < -0.3 is 23.7 Å². The highest BCUT2D eigenvalue weighted by Crippen LogP contribution is 2.51. The number of benzene rings is 6. The highest BCUT2D eigenvalue weighted by Gasteiger charge is 2.39. The Morgan fingerprint density at radius 1 is 0.614 bits per heavy atom. The second-order valence-electron chi connectivity index (χ2n) is 10.9. The minimum atomic E-state index is -0.871. The lowest BCUT2D eigenvalue weighted by Crippen LogP contribution is -2.34. The fourth-order valence-corrected chi connectivity index (χ4v) is 6.29. The zero-order chi connectivity index (χ0) is 29.9. The summed E-state index contributed by atoms with van der Waals surface area (Å²) in [6.45, 7) is 2.08. The molecular formula is C39H34O5. The van der Waals surface area contributed by atoms with Gasteiger partial charge in [0.25, 0.3) is 0 Å². The zero-order valence-electron chi connectivity index (χ0n) is 24.9. The summed E-state index contributed by atoms with van der Waals surface area (Å²) in [5.74, 6) is 2.20. The number of hydrogen-bond acceptors (Lipinski definition) is 5. The first kappa shape index (κ1) is 28.0. The maximum Gasteiger partial charge on any atom is 0.178 e. The molecule has 1 aliphatic heterocycles. The van der Waals surface area contributed by atoms with E-state index in [4.69, 9.17) is 23.7 Å². The average molecular weight is 583 g/mol. The summed E-state index contributed by atoms with van der Waals surface area (Å²) in [4.78, 5) is 0. The molecule has 1 aliphatic rings. The molecular weight excluding hydrogens is 548 g/mol. The maximum absolute atomic E-state index is 7.17. The topological polar surface area (TPSA) is 46.2 Å². The Kier molecular flexibility index (Phi) is 7.65. The molecule has 1 heterocycles. The summed E-state index contributed by atoms with van der Waals surface area (Å²) >= 11 is 0. The van der Waals surface area contributed by atoms with Crippen molar-refractivity contribution in [3.63, 3.8) is 0 Å². The molecule has 7 rings (SSSR count). The predicted molar refractivity (Wildman–Crippen MR) is 177 cm³/mol. The van der Waals surface area contributed by atoms with Gasteiger partial charge in [0.2, 0.25) is 0 Å². The van der Waals surface area contributed by atoms with E-state index in [1.165, 1.54) is 21.5 Å². The number of ether oxygens (including phenoxy) is 5. The van der Waals surface area contributed by atoms with Crippen molar-refractivity contribution in [2.45, 2.75) is 5.60 Å². The molecule has 6 aromatic carbocycles. The van der Waals surface area contributed by atoms with E-state index in [2.05, 4.69) is 91.0 Å². The van der Waals surface area contributed by atoms with Crippen LogP contribution in [-0.4, -0.2) is 40.6 Å². The van der Waals surface area contributed by atoms with Crippen LogP contribution in [0.4, 0.5) is 0 Å². The molecule has 220 valence electrons. The van der Waals surface area contributed by atoms with Crippen LogP contribution in [-0.2, 0) is 15.1 Å². The molecule has 0 aromatic heterocycles. The lowest BCUT2D eigenvalue weighted by molar-refractivity contribution is 0.0544. The van der Waals surface area contributed by atoms with Gasteiger partial charge in [-0.05, 0) is 57.3 Å². The third-order valence-corrected chi connectivity index (χ3v) is 8.37. The molecule has 6 aromatic rings. The zero-order valence-corrected chi connectivity index (χ0v) is 24.9. The quantitative estimate of drug-likeness (QED) is 0.120. The largest absolute Gasteiger partial charge is 0.493 e. The molecule has 0 N–H and O–H groups in total. The Balaban J connectivity index is 1.35. The Bertz CT molecular complexity index is 1960. The average Bonchev–Trinajstić information content (AvgIpc) is 3.09. The van der Waals surface area contributed by atoms with Crippen molar-refractivity contribution in [1.29, 1.82) is 0 Å². The van der Waals surface area contributed by atoms with Gasteiger partial charge in [0.1, 0.15) is 12.4 Å². The molecule has 0 fully saturated rings. The standard InChI is InChI=1S/C39H34O5/c1-40-22-23-42-24-25-43-29-18-16-28(17-19-29)39(27-10-4-3-5-11-27)21-20-34-37-33-15-9-8-13-31(33)30-12-6-7-14-32(30)35(37)26-36(41-2)38(34)44-39/h3-21,26H,22-25H2,1-2H3. The van der Waals surface area contributed by atoms with Crippen molar-refractivity contribution in [1.82, 2.24) is 0 Å². The monoisotopic (exact) mass is 582 g/mol. The number of fused-ring (bicyclic) bond motifs is 8. The summed E-state index contributed by atoms with van der Waals surface area (Å²) in [5.41, 5.74) is 2.15. The number of hydrogen-bond donors (Lipinski definition) is 0. The van der Waals surface area contributed by atoms with Gasteiger partial charge in [0.15, 0.2) is 17.1 Å². The molecule has 0 radical (unpaired) electrons. The van der Waals surface area contributed by atoms with Crippen molar-refractivity contribution < 1.29 is 23.7 Å². The smallest absolute Gasteiger partial charge is 0.178 e. The second-order valence-corrected chi connectivity index (χ2v) is 10.9. The van der Waals surface area contributed by atoms with Crippen molar-refractivity contribution >= 4 is 38.4 Å². The van der Waals surface area contributed by atoms with Crippen LogP contribution in [0.2, 0.25) is 0 Å². The highest BCUT2D eigenvalue weighted by molar-refractivity contribution is 6.27. The third-order valence-electron chi connectivity index (χ3n) is 8.37. The molecule has 5 nitrogen and oxygen atoms in total. The van der Waals surface area contributed by atoms with Crippen LogP contribution in [0.5, 0.6) is 17.2 Å². The third kappa shape index (κ3) is 4.84. The minimum Gasteiger partial charge on any atom is -0.493 e. The fraction of sp³-hybridized carbons (Fsp3) is 0.179. The van der Waals surface area contributed by atoms with Gasteiger partial charge in [-0.1, -0.05) is 91.0 Å². The molecule has 0 spiro atoms. The fourth-order valence-electron chi connectivity index (χ4n) is 6.29. The van der Waals surface area contributed by atoms with Crippen LogP contribution in [0, 0.1) is 0 Å². The van der Waals surface area contributed by atoms with E-state index in [9.17, 15) is 0 Å². The van der Waals surface area contributed by atoms with Crippen molar-refractivity contribution in [2.75, 3.05) is 40.6 Å². The first-order valence-corrected chi connectivity index (χ1v) is 14.9. The Morgan fingerprint density at radius 3 is 1.93 bits per heavy atom. The van der Waals surface area contributed by atoms with Crippen LogP contribution in [0.15, 0.2) is 115 Å². The van der Waals surface area contributed by atoms with E-state index in [1.807, 2.05) is 30.3 Å². The Morgan fingerprint density at radius 2 is 1.23 bits per heavy atom. The lowest BCUT2D eigenvalue weighted by Gasteiger charge is -2.37. The number of rotatable bonds is 10.